The Morgan fingerprint density at radius 2 is 1.82 bits per heavy atom. The minimum absolute atomic E-state index is 0.256. The predicted octanol–water partition coefficient (Wildman–Crippen LogP) is 4.09. The van der Waals surface area contributed by atoms with Crippen molar-refractivity contribution in [2.45, 2.75) is 0 Å². The number of anilines is 1. The van der Waals surface area contributed by atoms with Crippen molar-refractivity contribution in [3.63, 3.8) is 0 Å². The van der Waals surface area contributed by atoms with E-state index in [0.717, 1.165) is 0 Å². The molecule has 0 aliphatic rings. The number of benzene rings is 2. The lowest BCUT2D eigenvalue weighted by molar-refractivity contribution is 0.102. The number of fused-ring (bicyclic) bond motifs is 1. The zero-order valence-corrected chi connectivity index (χ0v) is 12.7. The molecule has 4 nitrogen and oxygen atoms in total. The van der Waals surface area contributed by atoms with E-state index >= 15 is 0 Å². The molecule has 22 heavy (non-hydrogen) atoms. The van der Waals surface area contributed by atoms with E-state index < -0.39 is 5.91 Å². The minimum atomic E-state index is -0.425. The van der Waals surface area contributed by atoms with Gasteiger partial charge < -0.3 is 10.3 Å². The fourth-order valence-electron chi connectivity index (χ4n) is 2.18. The number of pyridine rings is 1. The minimum Gasteiger partial charge on any atom is -0.322 e. The van der Waals surface area contributed by atoms with Crippen molar-refractivity contribution >= 4 is 45.7 Å². The smallest absolute Gasteiger partial charge is 0.256 e. The van der Waals surface area contributed by atoms with Gasteiger partial charge in [-0.2, -0.15) is 0 Å². The summed E-state index contributed by atoms with van der Waals surface area (Å²) in [6.45, 7) is 0. The van der Waals surface area contributed by atoms with Gasteiger partial charge in [-0.1, -0.05) is 47.5 Å². The SMILES string of the molecule is O=C(Nc1cccc(Cl)c1Cl)c1cc(=O)[nH]c2ccccc12. The lowest BCUT2D eigenvalue weighted by atomic mass is 10.1. The maximum atomic E-state index is 12.5. The number of aromatic nitrogens is 1. The van der Waals surface area contributed by atoms with Gasteiger partial charge in [-0.05, 0) is 18.2 Å². The number of carbonyl (C=O) groups excluding carboxylic acids is 1. The first-order chi connectivity index (χ1) is 10.6. The Bertz CT molecular complexity index is 935. The number of rotatable bonds is 2. The molecule has 2 aromatic carbocycles. The molecule has 3 rings (SSSR count). The van der Waals surface area contributed by atoms with Crippen molar-refractivity contribution < 1.29 is 4.79 Å². The number of amides is 1. The Hall–Kier alpha value is -2.30. The maximum absolute atomic E-state index is 12.5. The molecule has 0 saturated carbocycles. The number of halogens is 2. The molecule has 0 bridgehead atoms. The monoisotopic (exact) mass is 332 g/mol. The van der Waals surface area contributed by atoms with E-state index in [1.165, 1.54) is 6.07 Å². The predicted molar refractivity (Wildman–Crippen MR) is 89.0 cm³/mol. The number of H-pyrrole nitrogens is 1. The van der Waals surface area contributed by atoms with Crippen molar-refractivity contribution in [3.8, 4) is 0 Å². The Balaban J connectivity index is 2.06. The van der Waals surface area contributed by atoms with Crippen LogP contribution in [0.15, 0.2) is 53.3 Å². The van der Waals surface area contributed by atoms with E-state index in [1.54, 1.807) is 42.5 Å². The summed E-state index contributed by atoms with van der Waals surface area (Å²) in [6, 6.07) is 13.3. The van der Waals surface area contributed by atoms with Gasteiger partial charge in [-0.3, -0.25) is 9.59 Å². The fourth-order valence-corrected chi connectivity index (χ4v) is 2.53. The second-order valence-electron chi connectivity index (χ2n) is 4.65. The van der Waals surface area contributed by atoms with E-state index in [-0.39, 0.29) is 16.1 Å². The molecule has 0 radical (unpaired) electrons. The normalized spacial score (nSPS) is 10.6. The highest BCUT2D eigenvalue weighted by Gasteiger charge is 2.14. The summed E-state index contributed by atoms with van der Waals surface area (Å²) in [5.41, 5.74) is 0.914. The highest BCUT2D eigenvalue weighted by Crippen LogP contribution is 2.30. The second-order valence-corrected chi connectivity index (χ2v) is 5.43. The van der Waals surface area contributed by atoms with E-state index in [0.29, 0.717) is 21.6 Å². The van der Waals surface area contributed by atoms with Crippen LogP contribution in [0.1, 0.15) is 10.4 Å². The average Bonchev–Trinajstić information content (AvgIpc) is 2.51. The standard InChI is InChI=1S/C16H10Cl2N2O2/c17-11-5-3-7-13(15(11)18)20-16(22)10-8-14(21)19-12-6-2-1-4-9(10)12/h1-8H,(H,19,21)(H,20,22). The molecule has 0 aliphatic heterocycles. The lowest BCUT2D eigenvalue weighted by Gasteiger charge is -2.09. The Morgan fingerprint density at radius 1 is 1.05 bits per heavy atom. The first kappa shape index (κ1) is 14.6. The van der Waals surface area contributed by atoms with Crippen LogP contribution >= 0.6 is 23.2 Å². The molecular weight excluding hydrogens is 323 g/mol. The third-order valence-corrected chi connectivity index (χ3v) is 4.01. The molecule has 0 fully saturated rings. The van der Waals surface area contributed by atoms with Gasteiger partial charge >= 0.3 is 0 Å². The van der Waals surface area contributed by atoms with E-state index in [9.17, 15) is 9.59 Å². The van der Waals surface area contributed by atoms with Crippen LogP contribution in [0.4, 0.5) is 5.69 Å². The Labute approximate surface area is 135 Å². The van der Waals surface area contributed by atoms with Gasteiger partial charge in [0.1, 0.15) is 0 Å². The van der Waals surface area contributed by atoms with Crippen LogP contribution < -0.4 is 10.9 Å². The molecule has 1 amide bonds. The summed E-state index contributed by atoms with van der Waals surface area (Å²) in [4.78, 5) is 26.9. The van der Waals surface area contributed by atoms with Gasteiger partial charge in [0.25, 0.3) is 5.91 Å². The number of nitrogens with one attached hydrogen (secondary N) is 2. The number of hydrogen-bond donors (Lipinski definition) is 2. The molecule has 0 unspecified atom stereocenters. The van der Waals surface area contributed by atoms with E-state index in [4.69, 9.17) is 23.2 Å². The third kappa shape index (κ3) is 2.71. The van der Waals surface area contributed by atoms with Crippen LogP contribution in [-0.4, -0.2) is 10.9 Å². The van der Waals surface area contributed by atoms with Gasteiger partial charge in [0, 0.05) is 17.0 Å². The van der Waals surface area contributed by atoms with E-state index in [1.807, 2.05) is 0 Å². The molecule has 0 spiro atoms. The first-order valence-corrected chi connectivity index (χ1v) is 7.19. The van der Waals surface area contributed by atoms with E-state index in [2.05, 4.69) is 10.3 Å². The highest BCUT2D eigenvalue weighted by molar-refractivity contribution is 6.44. The zero-order chi connectivity index (χ0) is 15.7. The molecule has 0 saturated heterocycles. The van der Waals surface area contributed by atoms with Gasteiger partial charge in [0.05, 0.1) is 21.3 Å². The summed E-state index contributed by atoms with van der Waals surface area (Å²) in [5.74, 6) is -0.425. The number of hydrogen-bond acceptors (Lipinski definition) is 2. The Kier molecular flexibility index (Phi) is 3.88. The first-order valence-electron chi connectivity index (χ1n) is 6.43. The summed E-state index contributed by atoms with van der Waals surface area (Å²) >= 11 is 12.0. The van der Waals surface area contributed by atoms with Gasteiger partial charge in [0.2, 0.25) is 5.56 Å². The van der Waals surface area contributed by atoms with Crippen LogP contribution in [0.3, 0.4) is 0 Å². The Morgan fingerprint density at radius 3 is 2.64 bits per heavy atom. The lowest BCUT2D eigenvalue weighted by Crippen LogP contribution is -2.17. The summed E-state index contributed by atoms with van der Waals surface area (Å²) < 4.78 is 0. The van der Waals surface area contributed by atoms with Crippen molar-refractivity contribution in [2.75, 3.05) is 5.32 Å². The molecule has 2 N–H and O–H groups in total. The summed E-state index contributed by atoms with van der Waals surface area (Å²) in [5, 5.41) is 3.93. The van der Waals surface area contributed by atoms with Crippen LogP contribution in [0.5, 0.6) is 0 Å². The third-order valence-electron chi connectivity index (χ3n) is 3.19. The van der Waals surface area contributed by atoms with Crippen molar-refractivity contribution in [2.24, 2.45) is 0 Å². The number of carbonyl (C=O) groups is 1. The molecule has 1 aromatic heterocycles. The molecule has 3 aromatic rings. The number of para-hydroxylation sites is 1. The molecule has 0 atom stereocenters. The van der Waals surface area contributed by atoms with Crippen molar-refractivity contribution in [1.82, 2.24) is 4.98 Å². The number of aromatic amines is 1. The molecule has 1 heterocycles. The van der Waals surface area contributed by atoms with Crippen LogP contribution in [0.2, 0.25) is 10.0 Å². The summed E-state index contributed by atoms with van der Waals surface area (Å²) in [7, 11) is 0. The summed E-state index contributed by atoms with van der Waals surface area (Å²) in [6.07, 6.45) is 0. The quantitative estimate of drug-likeness (QED) is 0.742. The van der Waals surface area contributed by atoms with Gasteiger partial charge in [-0.25, -0.2) is 0 Å². The second kappa shape index (κ2) is 5.83. The van der Waals surface area contributed by atoms with Crippen LogP contribution in [0.25, 0.3) is 10.9 Å². The van der Waals surface area contributed by atoms with Crippen molar-refractivity contribution in [1.29, 1.82) is 0 Å². The van der Waals surface area contributed by atoms with Gasteiger partial charge in [0.15, 0.2) is 0 Å². The zero-order valence-electron chi connectivity index (χ0n) is 11.2. The van der Waals surface area contributed by atoms with Gasteiger partial charge in [-0.15, -0.1) is 0 Å². The van der Waals surface area contributed by atoms with Crippen LogP contribution in [0, 0.1) is 0 Å². The fraction of sp³-hybridized carbons (Fsp3) is 0. The molecule has 0 aliphatic carbocycles. The van der Waals surface area contributed by atoms with Crippen molar-refractivity contribution in [3.05, 3.63) is 74.5 Å². The van der Waals surface area contributed by atoms with Crippen LogP contribution in [-0.2, 0) is 0 Å². The largest absolute Gasteiger partial charge is 0.322 e. The highest BCUT2D eigenvalue weighted by atomic mass is 35.5. The molecule has 6 heteroatoms. The molecular formula is C16H10Cl2N2O2. The molecule has 110 valence electrons. The average molecular weight is 333 g/mol. The topological polar surface area (TPSA) is 62.0 Å². The maximum Gasteiger partial charge on any atom is 0.256 e.